The monoisotopic (exact) mass is 320 g/mol. The molecule has 0 bridgehead atoms. The second-order valence-electron chi connectivity index (χ2n) is 6.40. The van der Waals surface area contributed by atoms with E-state index in [9.17, 15) is 18.0 Å². The lowest BCUT2D eigenvalue weighted by Crippen LogP contribution is -2.49. The zero-order valence-corrected chi connectivity index (χ0v) is 13.6. The molecule has 1 heterocycles. The molecule has 0 spiro atoms. The van der Waals surface area contributed by atoms with Gasteiger partial charge >= 0.3 is 5.97 Å². The van der Waals surface area contributed by atoms with Gasteiger partial charge in [0.05, 0.1) is 24.5 Å². The van der Waals surface area contributed by atoms with Crippen LogP contribution in [0.1, 0.15) is 33.6 Å². The summed E-state index contributed by atoms with van der Waals surface area (Å²) in [5, 5.41) is 11.5. The van der Waals surface area contributed by atoms with Crippen LogP contribution in [0, 0.1) is 0 Å². The van der Waals surface area contributed by atoms with Crippen molar-refractivity contribution >= 4 is 21.7 Å². The van der Waals surface area contributed by atoms with Crippen LogP contribution in [0.3, 0.4) is 0 Å². The molecule has 1 unspecified atom stereocenters. The van der Waals surface area contributed by atoms with Gasteiger partial charge in [-0.1, -0.05) is 0 Å². The summed E-state index contributed by atoms with van der Waals surface area (Å²) in [6.07, 6.45) is 0.404. The molecule has 1 saturated heterocycles. The van der Waals surface area contributed by atoms with E-state index in [1.54, 1.807) is 4.90 Å². The fourth-order valence-corrected chi connectivity index (χ4v) is 3.91. The number of hydrogen-bond donors (Lipinski definition) is 2. The minimum absolute atomic E-state index is 0.0105. The molecule has 0 saturated carbocycles. The molecule has 1 aliphatic rings. The van der Waals surface area contributed by atoms with Crippen molar-refractivity contribution in [3.05, 3.63) is 0 Å². The van der Waals surface area contributed by atoms with E-state index in [2.05, 4.69) is 5.32 Å². The van der Waals surface area contributed by atoms with Gasteiger partial charge in [0, 0.05) is 18.1 Å². The second-order valence-corrected chi connectivity index (χ2v) is 8.63. The molecule has 1 atom stereocenters. The lowest BCUT2D eigenvalue weighted by atomic mass is 10.1. The maximum absolute atomic E-state index is 12.0. The molecule has 2 N–H and O–H groups in total. The number of hydrogen-bond acceptors (Lipinski definition) is 5. The van der Waals surface area contributed by atoms with Crippen LogP contribution in [0.4, 0.5) is 0 Å². The predicted octanol–water partition coefficient (Wildman–Crippen LogP) is -0.135. The Balaban J connectivity index is 2.54. The maximum Gasteiger partial charge on any atom is 0.304 e. The minimum atomic E-state index is -3.03. The number of nitrogens with zero attached hydrogens (tertiary/aromatic N) is 1. The van der Waals surface area contributed by atoms with Gasteiger partial charge in [-0.2, -0.15) is 0 Å². The molecule has 1 amide bonds. The fourth-order valence-electron chi connectivity index (χ4n) is 2.24. The quantitative estimate of drug-likeness (QED) is 0.706. The first kappa shape index (κ1) is 17.9. The van der Waals surface area contributed by atoms with E-state index >= 15 is 0 Å². The summed E-state index contributed by atoms with van der Waals surface area (Å²) in [5.41, 5.74) is -0.339. The molecule has 122 valence electrons. The number of rotatable bonds is 6. The predicted molar refractivity (Wildman–Crippen MR) is 78.8 cm³/mol. The Hall–Kier alpha value is -1.15. The molecule has 8 heteroatoms. The molecular formula is C13H24N2O5S. The van der Waals surface area contributed by atoms with Crippen molar-refractivity contribution in [3.8, 4) is 0 Å². The summed E-state index contributed by atoms with van der Waals surface area (Å²) in [4.78, 5) is 24.5. The number of carbonyl (C=O) groups excluding carboxylic acids is 1. The van der Waals surface area contributed by atoms with Gasteiger partial charge in [0.1, 0.15) is 0 Å². The highest BCUT2D eigenvalue weighted by Gasteiger charge is 2.30. The summed E-state index contributed by atoms with van der Waals surface area (Å²) in [7, 11) is -3.03. The third-order valence-electron chi connectivity index (χ3n) is 3.48. The number of aliphatic carboxylic acids is 1. The number of carboxylic acid groups (broad SMARTS) is 1. The van der Waals surface area contributed by atoms with Gasteiger partial charge in [-0.3, -0.25) is 14.5 Å². The highest BCUT2D eigenvalue weighted by Crippen LogP contribution is 2.14. The third kappa shape index (κ3) is 6.43. The molecular weight excluding hydrogens is 296 g/mol. The Labute approximate surface area is 125 Å². The molecule has 1 aliphatic heterocycles. The summed E-state index contributed by atoms with van der Waals surface area (Å²) in [5.74, 6) is -1.08. The van der Waals surface area contributed by atoms with Crippen molar-refractivity contribution in [1.29, 1.82) is 0 Å². The first-order valence-corrected chi connectivity index (χ1v) is 8.78. The topological polar surface area (TPSA) is 104 Å². The first-order valence-electron chi connectivity index (χ1n) is 6.96. The smallest absolute Gasteiger partial charge is 0.304 e. The van der Waals surface area contributed by atoms with Crippen molar-refractivity contribution in [2.24, 2.45) is 0 Å². The van der Waals surface area contributed by atoms with E-state index in [1.807, 2.05) is 20.8 Å². The Morgan fingerprint density at radius 3 is 2.38 bits per heavy atom. The zero-order valence-electron chi connectivity index (χ0n) is 12.8. The van der Waals surface area contributed by atoms with Gasteiger partial charge in [-0.05, 0) is 27.2 Å². The Morgan fingerprint density at radius 1 is 1.33 bits per heavy atom. The lowest BCUT2D eigenvalue weighted by molar-refractivity contribution is -0.138. The normalized spacial score (nSPS) is 21.4. The van der Waals surface area contributed by atoms with Crippen LogP contribution in [0.2, 0.25) is 0 Å². The summed E-state index contributed by atoms with van der Waals surface area (Å²) in [6, 6.07) is -0.330. The molecule has 0 aliphatic carbocycles. The van der Waals surface area contributed by atoms with Gasteiger partial charge in [-0.15, -0.1) is 0 Å². The van der Waals surface area contributed by atoms with Crippen molar-refractivity contribution in [2.75, 3.05) is 24.6 Å². The van der Waals surface area contributed by atoms with Gasteiger partial charge < -0.3 is 10.4 Å². The zero-order chi connectivity index (χ0) is 16.3. The van der Waals surface area contributed by atoms with E-state index < -0.39 is 15.8 Å². The van der Waals surface area contributed by atoms with Gasteiger partial charge in [-0.25, -0.2) is 8.42 Å². The molecule has 0 aromatic heterocycles. The summed E-state index contributed by atoms with van der Waals surface area (Å²) in [6.45, 7) is 6.05. The van der Waals surface area contributed by atoms with E-state index in [0.717, 1.165) is 0 Å². The largest absolute Gasteiger partial charge is 0.481 e. The van der Waals surface area contributed by atoms with E-state index in [1.165, 1.54) is 0 Å². The number of nitrogens with one attached hydrogen (secondary N) is 1. The fraction of sp³-hybridized carbons (Fsp3) is 0.846. The van der Waals surface area contributed by atoms with Crippen LogP contribution >= 0.6 is 0 Å². The number of amides is 1. The minimum Gasteiger partial charge on any atom is -0.481 e. The SMILES string of the molecule is CC(C)(C)N(CCC(=O)O)CC(=O)NC1CCS(=O)(=O)C1. The molecule has 21 heavy (non-hydrogen) atoms. The number of carbonyl (C=O) groups is 2. The van der Waals surface area contributed by atoms with Crippen LogP contribution in [0.5, 0.6) is 0 Å². The van der Waals surface area contributed by atoms with Crippen LogP contribution in [-0.4, -0.2) is 66.5 Å². The highest BCUT2D eigenvalue weighted by molar-refractivity contribution is 7.91. The van der Waals surface area contributed by atoms with Crippen molar-refractivity contribution in [1.82, 2.24) is 10.2 Å². The standard InChI is InChI=1S/C13H24N2O5S/c1-13(2,3)15(6-4-12(17)18)8-11(16)14-10-5-7-21(19,20)9-10/h10H,4-9H2,1-3H3,(H,14,16)(H,17,18). The number of sulfone groups is 1. The lowest BCUT2D eigenvalue weighted by Gasteiger charge is -2.35. The Bertz CT molecular complexity index is 495. The Kier molecular flexibility index (Phi) is 5.75. The van der Waals surface area contributed by atoms with Crippen molar-refractivity contribution < 1.29 is 23.1 Å². The van der Waals surface area contributed by atoms with Crippen LogP contribution in [0.15, 0.2) is 0 Å². The average Bonchev–Trinajstić information content (AvgIpc) is 2.62. The number of carboxylic acids is 1. The van der Waals surface area contributed by atoms with E-state index in [0.29, 0.717) is 6.42 Å². The third-order valence-corrected chi connectivity index (χ3v) is 5.24. The van der Waals surface area contributed by atoms with Crippen LogP contribution < -0.4 is 5.32 Å². The van der Waals surface area contributed by atoms with Crippen LogP contribution in [0.25, 0.3) is 0 Å². The van der Waals surface area contributed by atoms with Crippen molar-refractivity contribution in [2.45, 2.75) is 45.2 Å². The molecule has 7 nitrogen and oxygen atoms in total. The maximum atomic E-state index is 12.0. The second kappa shape index (κ2) is 6.74. The molecule has 0 aromatic rings. The molecule has 0 radical (unpaired) electrons. The molecule has 1 fully saturated rings. The molecule has 0 aromatic carbocycles. The van der Waals surface area contributed by atoms with Gasteiger partial charge in [0.2, 0.25) is 5.91 Å². The molecule has 1 rings (SSSR count). The van der Waals surface area contributed by atoms with E-state index in [-0.39, 0.29) is 48.5 Å². The van der Waals surface area contributed by atoms with Gasteiger partial charge in [0.15, 0.2) is 9.84 Å². The van der Waals surface area contributed by atoms with Crippen LogP contribution in [-0.2, 0) is 19.4 Å². The van der Waals surface area contributed by atoms with Crippen molar-refractivity contribution in [3.63, 3.8) is 0 Å². The summed E-state index contributed by atoms with van der Waals surface area (Å²) < 4.78 is 22.7. The first-order chi connectivity index (χ1) is 9.49. The van der Waals surface area contributed by atoms with Gasteiger partial charge in [0.25, 0.3) is 0 Å². The average molecular weight is 320 g/mol. The highest BCUT2D eigenvalue weighted by atomic mass is 32.2. The van der Waals surface area contributed by atoms with E-state index in [4.69, 9.17) is 5.11 Å². The Morgan fingerprint density at radius 2 is 1.95 bits per heavy atom. The summed E-state index contributed by atoms with van der Waals surface area (Å²) >= 11 is 0.